The molecule has 4 rings (SSSR count). The summed E-state index contributed by atoms with van der Waals surface area (Å²) in [6.07, 6.45) is 5.74. The van der Waals surface area contributed by atoms with Gasteiger partial charge >= 0.3 is 5.97 Å². The number of ether oxygens (including phenoxy) is 1. The van der Waals surface area contributed by atoms with Crippen molar-refractivity contribution in [2.75, 3.05) is 0 Å². The lowest BCUT2D eigenvalue weighted by atomic mass is 9.75. The molecule has 6 nitrogen and oxygen atoms in total. The molecule has 0 aliphatic heterocycles. The molecule has 37 heavy (non-hydrogen) atoms. The van der Waals surface area contributed by atoms with Crippen LogP contribution in [0.25, 0.3) is 22.5 Å². The second kappa shape index (κ2) is 10.7. The second-order valence-corrected chi connectivity index (χ2v) is 11.7. The van der Waals surface area contributed by atoms with E-state index in [4.69, 9.17) is 4.74 Å². The van der Waals surface area contributed by atoms with Crippen LogP contribution < -0.4 is 5.32 Å². The third kappa shape index (κ3) is 6.60. The van der Waals surface area contributed by atoms with Crippen molar-refractivity contribution in [1.29, 1.82) is 0 Å². The van der Waals surface area contributed by atoms with Crippen LogP contribution in [0.4, 0.5) is 8.78 Å². The van der Waals surface area contributed by atoms with E-state index in [2.05, 4.69) is 29.2 Å². The smallest absolute Gasteiger partial charge is 0.313 e. The zero-order valence-electron chi connectivity index (χ0n) is 22.3. The molecule has 0 saturated heterocycles. The molecular formula is C29H36F2N4O2. The Balaban J connectivity index is 1.43. The first-order valence-corrected chi connectivity index (χ1v) is 12.8. The number of hydrogen-bond donors (Lipinski definition) is 1. The minimum Gasteiger partial charge on any atom is -0.442 e. The molecule has 0 radical (unpaired) electrons. The molecule has 1 aliphatic carbocycles. The number of rotatable bonds is 7. The van der Waals surface area contributed by atoms with Crippen molar-refractivity contribution in [3.8, 4) is 22.5 Å². The molecule has 198 valence electrons. The van der Waals surface area contributed by atoms with Gasteiger partial charge in [0.05, 0.1) is 5.41 Å². The molecule has 3 aromatic rings. The number of carbonyl (C=O) groups excluding carboxylic acids is 1. The van der Waals surface area contributed by atoms with E-state index in [0.29, 0.717) is 22.4 Å². The fraction of sp³-hybridized carbons (Fsp3) is 0.483. The number of hydrogen-bond acceptors (Lipinski definition) is 5. The zero-order chi connectivity index (χ0) is 26.8. The first-order chi connectivity index (χ1) is 17.4. The number of aromatic nitrogens is 3. The molecule has 0 spiro atoms. The monoisotopic (exact) mass is 510 g/mol. The molecule has 1 fully saturated rings. The Labute approximate surface area is 217 Å². The Hall–Kier alpha value is -3.13. The predicted octanol–water partition coefficient (Wildman–Crippen LogP) is 6.50. The van der Waals surface area contributed by atoms with Gasteiger partial charge in [-0.15, -0.1) is 5.10 Å². The summed E-state index contributed by atoms with van der Waals surface area (Å²) in [6, 6.07) is 10.2. The lowest BCUT2D eigenvalue weighted by Crippen LogP contribution is -2.35. The van der Waals surface area contributed by atoms with Gasteiger partial charge in [0.15, 0.2) is 12.6 Å². The molecular weight excluding hydrogens is 474 g/mol. The van der Waals surface area contributed by atoms with Gasteiger partial charge < -0.3 is 10.1 Å². The van der Waals surface area contributed by atoms with Gasteiger partial charge in [-0.2, -0.15) is 0 Å². The number of carbonyl (C=O) groups is 1. The normalized spacial score (nSPS) is 16.1. The highest BCUT2D eigenvalue weighted by molar-refractivity contribution is 5.75. The van der Waals surface area contributed by atoms with Crippen molar-refractivity contribution in [2.24, 2.45) is 10.8 Å². The van der Waals surface area contributed by atoms with Crippen LogP contribution in [0.2, 0.25) is 0 Å². The van der Waals surface area contributed by atoms with E-state index in [-0.39, 0.29) is 30.9 Å². The van der Waals surface area contributed by atoms with Crippen LogP contribution in [0.15, 0.2) is 42.7 Å². The van der Waals surface area contributed by atoms with E-state index in [0.717, 1.165) is 31.2 Å². The first-order valence-electron chi connectivity index (χ1n) is 12.8. The van der Waals surface area contributed by atoms with Crippen molar-refractivity contribution in [3.63, 3.8) is 0 Å². The molecule has 1 N–H and O–H groups in total. The summed E-state index contributed by atoms with van der Waals surface area (Å²) in [7, 11) is 0. The molecule has 8 heteroatoms. The summed E-state index contributed by atoms with van der Waals surface area (Å²) < 4.78 is 36.7. The molecule has 0 atom stereocenters. The summed E-state index contributed by atoms with van der Waals surface area (Å²) in [5.74, 6) is -0.950. The molecule has 2 aromatic carbocycles. The van der Waals surface area contributed by atoms with Gasteiger partial charge in [0, 0.05) is 29.3 Å². The van der Waals surface area contributed by atoms with E-state index in [1.165, 1.54) is 23.1 Å². The highest BCUT2D eigenvalue weighted by Crippen LogP contribution is 2.35. The number of esters is 1. The van der Waals surface area contributed by atoms with Crippen LogP contribution >= 0.6 is 0 Å². The topological polar surface area (TPSA) is 69.0 Å². The Morgan fingerprint density at radius 3 is 2.38 bits per heavy atom. The van der Waals surface area contributed by atoms with Crippen LogP contribution in [0.3, 0.4) is 0 Å². The van der Waals surface area contributed by atoms with Gasteiger partial charge in [-0.1, -0.05) is 38.1 Å². The predicted molar refractivity (Wildman–Crippen MR) is 139 cm³/mol. The summed E-state index contributed by atoms with van der Waals surface area (Å²) in [6.45, 7) is 10.0. The average molecular weight is 511 g/mol. The maximum Gasteiger partial charge on any atom is 0.313 e. The van der Waals surface area contributed by atoms with Gasteiger partial charge in [0.25, 0.3) is 0 Å². The van der Waals surface area contributed by atoms with E-state index >= 15 is 4.39 Å². The highest BCUT2D eigenvalue weighted by atomic mass is 19.1. The van der Waals surface area contributed by atoms with Gasteiger partial charge in [-0.3, -0.25) is 4.79 Å². The van der Waals surface area contributed by atoms with E-state index < -0.39 is 17.0 Å². The lowest BCUT2D eigenvalue weighted by molar-refractivity contribution is -0.157. The maximum absolute atomic E-state index is 15.4. The van der Waals surface area contributed by atoms with Crippen LogP contribution in [0.5, 0.6) is 0 Å². The van der Waals surface area contributed by atoms with Crippen molar-refractivity contribution in [2.45, 2.75) is 79.6 Å². The number of benzene rings is 2. The summed E-state index contributed by atoms with van der Waals surface area (Å²) in [4.78, 5) is 16.2. The largest absolute Gasteiger partial charge is 0.442 e. The Morgan fingerprint density at radius 2 is 1.73 bits per heavy atom. The van der Waals surface area contributed by atoms with Gasteiger partial charge in [-0.05, 0) is 69.6 Å². The third-order valence-electron chi connectivity index (χ3n) is 7.02. The molecule has 1 saturated carbocycles. The maximum atomic E-state index is 15.4. The molecule has 0 amide bonds. The van der Waals surface area contributed by atoms with Crippen molar-refractivity contribution >= 4 is 5.97 Å². The first kappa shape index (κ1) is 26.9. The van der Waals surface area contributed by atoms with Gasteiger partial charge in [-0.25, -0.2) is 18.4 Å². The van der Waals surface area contributed by atoms with E-state index in [1.807, 2.05) is 0 Å². The van der Waals surface area contributed by atoms with Crippen LogP contribution in [0, 0.1) is 22.5 Å². The molecule has 1 aliphatic rings. The van der Waals surface area contributed by atoms with Crippen molar-refractivity contribution in [1.82, 2.24) is 20.1 Å². The van der Waals surface area contributed by atoms with Crippen LogP contribution in [0.1, 0.15) is 65.9 Å². The summed E-state index contributed by atoms with van der Waals surface area (Å²) in [5.41, 5.74) is 1.53. The second-order valence-electron chi connectivity index (χ2n) is 11.7. The molecule has 0 unspecified atom stereocenters. The number of nitrogens with one attached hydrogen (secondary N) is 1. The number of nitrogens with zero attached hydrogens (tertiary/aromatic N) is 3. The molecule has 0 bridgehead atoms. The average Bonchev–Trinajstić information content (AvgIpc) is 3.32. The number of halogens is 2. The zero-order valence-corrected chi connectivity index (χ0v) is 22.3. The fourth-order valence-electron chi connectivity index (χ4n) is 4.46. The SMILES string of the molecule is CC1(C)CCC(NCc2c(F)ccc(-c3ccc(-c4ncn(COC(=O)C(C)(C)C)n4)cc3)c2F)CC1. The van der Waals surface area contributed by atoms with Crippen molar-refractivity contribution < 1.29 is 18.3 Å². The highest BCUT2D eigenvalue weighted by Gasteiger charge is 2.27. The van der Waals surface area contributed by atoms with E-state index in [9.17, 15) is 9.18 Å². The molecule has 1 heterocycles. The van der Waals surface area contributed by atoms with E-state index in [1.54, 1.807) is 45.0 Å². The van der Waals surface area contributed by atoms with Crippen LogP contribution in [-0.4, -0.2) is 26.8 Å². The van der Waals surface area contributed by atoms with Crippen LogP contribution in [-0.2, 0) is 22.8 Å². The minimum atomic E-state index is -0.599. The fourth-order valence-corrected chi connectivity index (χ4v) is 4.46. The standard InChI is InChI=1S/C29H36F2N4O2/c1-28(2,3)27(36)37-18-35-17-33-26(34-35)20-8-6-19(7-9-20)22-10-11-24(30)23(25(22)31)16-32-21-12-14-29(4,5)15-13-21/h6-11,17,21,32H,12-16,18H2,1-5H3. The minimum absolute atomic E-state index is 0.0303. The van der Waals surface area contributed by atoms with Gasteiger partial charge in [0.2, 0.25) is 0 Å². The quantitative estimate of drug-likeness (QED) is 0.368. The van der Waals surface area contributed by atoms with Crippen molar-refractivity contribution in [3.05, 3.63) is 59.9 Å². The molecule has 1 aromatic heterocycles. The summed E-state index contributed by atoms with van der Waals surface area (Å²) >= 11 is 0. The Bertz CT molecular complexity index is 1240. The lowest BCUT2D eigenvalue weighted by Gasteiger charge is -2.34. The Morgan fingerprint density at radius 1 is 1.08 bits per heavy atom. The van der Waals surface area contributed by atoms with Gasteiger partial charge in [0.1, 0.15) is 18.0 Å². The summed E-state index contributed by atoms with van der Waals surface area (Å²) in [5, 5.41) is 7.72. The third-order valence-corrected chi connectivity index (χ3v) is 7.02. The Kier molecular flexibility index (Phi) is 7.78.